The van der Waals surface area contributed by atoms with Crippen LogP contribution in [0.1, 0.15) is 10.5 Å². The molecular weight excluding hydrogens is 378 g/mol. The van der Waals surface area contributed by atoms with Gasteiger partial charge in [-0.05, 0) is 34.1 Å². The number of benzene rings is 2. The van der Waals surface area contributed by atoms with Gasteiger partial charge in [-0.25, -0.2) is 9.78 Å². The van der Waals surface area contributed by atoms with Gasteiger partial charge in [-0.3, -0.25) is 0 Å². The van der Waals surface area contributed by atoms with Crippen LogP contribution in [0, 0.1) is 0 Å². The summed E-state index contributed by atoms with van der Waals surface area (Å²) < 4.78 is 11.3. The molecule has 0 amide bonds. The van der Waals surface area contributed by atoms with Gasteiger partial charge in [0.25, 0.3) is 0 Å². The molecule has 0 saturated carbocycles. The van der Waals surface area contributed by atoms with Crippen molar-refractivity contribution >= 4 is 32.7 Å². The number of carboxylic acid groups (broad SMARTS) is 1. The highest BCUT2D eigenvalue weighted by Crippen LogP contribution is 2.39. The number of pyridine rings is 1. The topological polar surface area (TPSA) is 88.9 Å². The number of carbonyl (C=O) groups is 1. The van der Waals surface area contributed by atoms with E-state index in [4.69, 9.17) is 14.6 Å². The number of nitrogens with zero attached hydrogens (tertiary/aromatic N) is 1. The first-order valence-corrected chi connectivity index (χ1v) is 7.67. The van der Waals surface area contributed by atoms with E-state index in [9.17, 15) is 9.90 Å². The fourth-order valence-corrected chi connectivity index (χ4v) is 2.89. The van der Waals surface area contributed by atoms with E-state index in [1.54, 1.807) is 49.6 Å². The Morgan fingerprint density at radius 2 is 1.88 bits per heavy atom. The monoisotopic (exact) mass is 389 g/mol. The van der Waals surface area contributed by atoms with E-state index in [0.717, 1.165) is 0 Å². The molecular formula is C17H12BrNO5. The van der Waals surface area contributed by atoms with Crippen LogP contribution in [0.4, 0.5) is 0 Å². The van der Waals surface area contributed by atoms with Crippen LogP contribution in [0.5, 0.6) is 23.0 Å². The van der Waals surface area contributed by atoms with Gasteiger partial charge in [-0.15, -0.1) is 0 Å². The average Bonchev–Trinajstić information content (AvgIpc) is 2.58. The van der Waals surface area contributed by atoms with Gasteiger partial charge < -0.3 is 19.7 Å². The van der Waals surface area contributed by atoms with Gasteiger partial charge in [-0.1, -0.05) is 18.2 Å². The van der Waals surface area contributed by atoms with Crippen LogP contribution >= 0.6 is 15.9 Å². The van der Waals surface area contributed by atoms with Crippen LogP contribution in [0.15, 0.2) is 47.1 Å². The summed E-state index contributed by atoms with van der Waals surface area (Å²) in [5, 5.41) is 20.1. The molecule has 1 aromatic heterocycles. The van der Waals surface area contributed by atoms with Crippen LogP contribution in [0.25, 0.3) is 10.8 Å². The second kappa shape index (κ2) is 6.37. The highest BCUT2D eigenvalue weighted by atomic mass is 79.9. The molecule has 0 aliphatic heterocycles. The minimum atomic E-state index is -1.31. The molecule has 0 bridgehead atoms. The first-order valence-electron chi connectivity index (χ1n) is 6.87. The highest BCUT2D eigenvalue weighted by Gasteiger charge is 2.20. The van der Waals surface area contributed by atoms with Crippen molar-refractivity contribution in [1.29, 1.82) is 0 Å². The first-order chi connectivity index (χ1) is 11.5. The molecule has 2 N–H and O–H groups in total. The maximum atomic E-state index is 11.2. The van der Waals surface area contributed by atoms with E-state index in [-0.39, 0.29) is 4.60 Å². The molecule has 2 aromatic carbocycles. The second-order valence-corrected chi connectivity index (χ2v) is 5.62. The van der Waals surface area contributed by atoms with Gasteiger partial charge in [0, 0.05) is 11.5 Å². The van der Waals surface area contributed by atoms with Crippen LogP contribution in [-0.2, 0) is 0 Å². The Labute approximate surface area is 145 Å². The van der Waals surface area contributed by atoms with Gasteiger partial charge in [0.15, 0.2) is 11.4 Å². The Morgan fingerprint density at radius 3 is 2.58 bits per heavy atom. The normalized spacial score (nSPS) is 10.6. The lowest BCUT2D eigenvalue weighted by molar-refractivity contribution is 0.0687. The van der Waals surface area contributed by atoms with Crippen molar-refractivity contribution in [3.63, 3.8) is 0 Å². The van der Waals surface area contributed by atoms with Crippen molar-refractivity contribution in [2.75, 3.05) is 7.11 Å². The molecule has 0 unspecified atom stereocenters. The van der Waals surface area contributed by atoms with E-state index in [1.807, 2.05) is 0 Å². The van der Waals surface area contributed by atoms with Crippen molar-refractivity contribution < 1.29 is 24.5 Å². The summed E-state index contributed by atoms with van der Waals surface area (Å²) in [5.41, 5.74) is -0.423. The number of hydrogen-bond donors (Lipinski definition) is 2. The molecule has 3 rings (SSSR count). The van der Waals surface area contributed by atoms with Gasteiger partial charge >= 0.3 is 5.97 Å². The van der Waals surface area contributed by atoms with E-state index in [2.05, 4.69) is 20.9 Å². The van der Waals surface area contributed by atoms with Gasteiger partial charge in [0.2, 0.25) is 0 Å². The molecule has 24 heavy (non-hydrogen) atoms. The summed E-state index contributed by atoms with van der Waals surface area (Å²) in [7, 11) is 1.56. The largest absolute Gasteiger partial charge is 0.505 e. The van der Waals surface area contributed by atoms with Crippen molar-refractivity contribution in [1.82, 2.24) is 4.98 Å². The lowest BCUT2D eigenvalue weighted by Crippen LogP contribution is -2.02. The summed E-state index contributed by atoms with van der Waals surface area (Å²) >= 11 is 3.25. The maximum absolute atomic E-state index is 11.2. The Balaban J connectivity index is 2.15. The Kier molecular flexibility index (Phi) is 4.26. The number of aromatic carboxylic acids is 1. The third-order valence-corrected chi connectivity index (χ3v) is 3.97. The summed E-state index contributed by atoms with van der Waals surface area (Å²) in [6.45, 7) is 0. The van der Waals surface area contributed by atoms with E-state index in [1.165, 1.54) is 0 Å². The van der Waals surface area contributed by atoms with Crippen LogP contribution in [0.2, 0.25) is 0 Å². The molecule has 3 aromatic rings. The van der Waals surface area contributed by atoms with E-state index < -0.39 is 17.4 Å². The Hall–Kier alpha value is -2.80. The molecule has 0 aliphatic rings. The number of methoxy groups -OCH3 is 1. The number of ether oxygens (including phenoxy) is 2. The molecule has 0 atom stereocenters. The van der Waals surface area contributed by atoms with Crippen molar-refractivity contribution in [2.45, 2.75) is 0 Å². The Bertz CT molecular complexity index is 942. The molecule has 0 spiro atoms. The quantitative estimate of drug-likeness (QED) is 0.649. The zero-order chi connectivity index (χ0) is 17.3. The third-order valence-electron chi connectivity index (χ3n) is 3.39. The number of carboxylic acids is 1. The van der Waals surface area contributed by atoms with Crippen LogP contribution in [0.3, 0.4) is 0 Å². The number of rotatable bonds is 4. The average molecular weight is 390 g/mol. The molecule has 1 heterocycles. The number of halogens is 1. The summed E-state index contributed by atoms with van der Waals surface area (Å²) in [6, 6.07) is 12.0. The van der Waals surface area contributed by atoms with E-state index in [0.29, 0.717) is 28.0 Å². The fraction of sp³-hybridized carbons (Fsp3) is 0.0588. The minimum absolute atomic E-state index is 0.270. The Morgan fingerprint density at radius 1 is 1.17 bits per heavy atom. The third kappa shape index (κ3) is 2.85. The first kappa shape index (κ1) is 16.1. The predicted octanol–water partition coefficient (Wildman–Crippen LogP) is 4.20. The summed E-state index contributed by atoms with van der Waals surface area (Å²) in [4.78, 5) is 15.1. The predicted molar refractivity (Wildman–Crippen MR) is 91.1 cm³/mol. The highest BCUT2D eigenvalue weighted by molar-refractivity contribution is 9.10. The molecule has 0 fully saturated rings. The number of hydrogen-bond acceptors (Lipinski definition) is 5. The summed E-state index contributed by atoms with van der Waals surface area (Å²) in [5.74, 6) is -0.116. The smallest absolute Gasteiger partial charge is 0.358 e. The van der Waals surface area contributed by atoms with Gasteiger partial charge in [-0.2, -0.15) is 0 Å². The summed E-state index contributed by atoms with van der Waals surface area (Å²) in [6.07, 6.45) is 0. The standard InChI is InChI=1S/C17H12BrNO5/c1-23-9-4-2-5-10(8-9)24-12-7-3-6-11-13(12)16(18)19-14(15(11)20)17(21)22/h2-8,20H,1H3,(H,21,22). The SMILES string of the molecule is COc1cccc(Oc2cccc3c(O)c(C(=O)O)nc(Br)c23)c1. The molecule has 0 aliphatic carbocycles. The maximum Gasteiger partial charge on any atom is 0.358 e. The number of aromatic hydroxyl groups is 1. The number of aromatic nitrogens is 1. The zero-order valence-corrected chi connectivity index (χ0v) is 14.1. The van der Waals surface area contributed by atoms with Crippen molar-refractivity contribution in [3.05, 3.63) is 52.8 Å². The molecule has 0 radical (unpaired) electrons. The van der Waals surface area contributed by atoms with Crippen LogP contribution in [-0.4, -0.2) is 28.3 Å². The lowest BCUT2D eigenvalue weighted by Gasteiger charge is -2.12. The van der Waals surface area contributed by atoms with Gasteiger partial charge in [0.1, 0.15) is 21.9 Å². The zero-order valence-electron chi connectivity index (χ0n) is 12.5. The number of fused-ring (bicyclic) bond motifs is 1. The fourth-order valence-electron chi connectivity index (χ4n) is 2.30. The molecule has 122 valence electrons. The van der Waals surface area contributed by atoms with Crippen LogP contribution < -0.4 is 9.47 Å². The molecule has 6 nitrogen and oxygen atoms in total. The second-order valence-electron chi connectivity index (χ2n) is 4.86. The van der Waals surface area contributed by atoms with Crippen molar-refractivity contribution in [2.24, 2.45) is 0 Å². The minimum Gasteiger partial charge on any atom is -0.505 e. The molecule has 0 saturated heterocycles. The lowest BCUT2D eigenvalue weighted by atomic mass is 10.1. The van der Waals surface area contributed by atoms with Gasteiger partial charge in [0.05, 0.1) is 12.5 Å². The van der Waals surface area contributed by atoms with Crippen molar-refractivity contribution in [3.8, 4) is 23.0 Å². The van der Waals surface area contributed by atoms with E-state index >= 15 is 0 Å². The molecule has 7 heteroatoms.